The van der Waals surface area contributed by atoms with Crippen LogP contribution >= 0.6 is 11.3 Å². The lowest BCUT2D eigenvalue weighted by Gasteiger charge is -2.31. The first-order chi connectivity index (χ1) is 9.06. The van der Waals surface area contributed by atoms with Gasteiger partial charge < -0.3 is 10.6 Å². The van der Waals surface area contributed by atoms with Gasteiger partial charge in [-0.1, -0.05) is 13.8 Å². The summed E-state index contributed by atoms with van der Waals surface area (Å²) < 4.78 is 0. The molecule has 5 heteroatoms. The van der Waals surface area contributed by atoms with Gasteiger partial charge in [0.25, 0.3) is 0 Å². The van der Waals surface area contributed by atoms with Gasteiger partial charge in [-0.2, -0.15) is 0 Å². The zero-order valence-corrected chi connectivity index (χ0v) is 12.9. The van der Waals surface area contributed by atoms with Crippen molar-refractivity contribution in [2.45, 2.75) is 39.5 Å². The standard InChI is InChI=1S/C14H24N4S/c1-10-5-4-6-18(8-10)14(15)16-7-11(2)13-17-12(3)9-19-13/h9-11H,4-8H2,1-3H3,(H2,15,16). The topological polar surface area (TPSA) is 54.5 Å². The van der Waals surface area contributed by atoms with Crippen LogP contribution in [-0.4, -0.2) is 35.5 Å². The van der Waals surface area contributed by atoms with E-state index in [-0.39, 0.29) is 0 Å². The fourth-order valence-corrected chi connectivity index (χ4v) is 3.25. The summed E-state index contributed by atoms with van der Waals surface area (Å²) in [5.41, 5.74) is 7.19. The molecule has 0 radical (unpaired) electrons. The van der Waals surface area contributed by atoms with Crippen LogP contribution in [0.5, 0.6) is 0 Å². The first-order valence-electron chi connectivity index (χ1n) is 7.03. The first-order valence-corrected chi connectivity index (χ1v) is 7.91. The van der Waals surface area contributed by atoms with Gasteiger partial charge in [-0.15, -0.1) is 11.3 Å². The number of piperidine rings is 1. The van der Waals surface area contributed by atoms with Crippen molar-refractivity contribution in [2.75, 3.05) is 19.6 Å². The van der Waals surface area contributed by atoms with E-state index in [9.17, 15) is 0 Å². The van der Waals surface area contributed by atoms with Crippen LogP contribution in [0.3, 0.4) is 0 Å². The van der Waals surface area contributed by atoms with E-state index in [1.807, 2.05) is 6.92 Å². The first kappa shape index (κ1) is 14.3. The third kappa shape index (κ3) is 3.93. The Bertz CT molecular complexity index is 440. The minimum absolute atomic E-state index is 0.347. The van der Waals surface area contributed by atoms with Gasteiger partial charge in [0.2, 0.25) is 0 Å². The highest BCUT2D eigenvalue weighted by atomic mass is 32.1. The second-order valence-electron chi connectivity index (χ2n) is 5.62. The SMILES string of the molecule is Cc1csc(C(C)CN=C(N)N2CCCC(C)C2)n1. The molecule has 0 amide bonds. The Labute approximate surface area is 119 Å². The molecule has 0 saturated carbocycles. The van der Waals surface area contributed by atoms with Crippen molar-refractivity contribution >= 4 is 17.3 Å². The Morgan fingerprint density at radius 3 is 3.11 bits per heavy atom. The number of aromatic nitrogens is 1. The number of hydrogen-bond donors (Lipinski definition) is 1. The zero-order valence-electron chi connectivity index (χ0n) is 12.1. The van der Waals surface area contributed by atoms with Crippen molar-refractivity contribution < 1.29 is 0 Å². The van der Waals surface area contributed by atoms with Crippen LogP contribution < -0.4 is 5.73 Å². The molecule has 0 bridgehead atoms. The molecule has 1 aromatic rings. The minimum atomic E-state index is 0.347. The highest BCUT2D eigenvalue weighted by Gasteiger charge is 2.18. The molecular formula is C14H24N4S. The molecule has 1 aliphatic heterocycles. The van der Waals surface area contributed by atoms with Crippen LogP contribution in [-0.2, 0) is 0 Å². The third-order valence-corrected chi connectivity index (χ3v) is 4.76. The molecule has 2 rings (SSSR count). The highest BCUT2D eigenvalue weighted by Crippen LogP contribution is 2.20. The van der Waals surface area contributed by atoms with Gasteiger partial charge in [-0.25, -0.2) is 4.98 Å². The zero-order chi connectivity index (χ0) is 13.8. The summed E-state index contributed by atoms with van der Waals surface area (Å²) in [6.45, 7) is 9.28. The van der Waals surface area contributed by atoms with E-state index < -0.39 is 0 Å². The maximum Gasteiger partial charge on any atom is 0.191 e. The third-order valence-electron chi connectivity index (χ3n) is 3.57. The Morgan fingerprint density at radius 2 is 2.47 bits per heavy atom. The van der Waals surface area contributed by atoms with Crippen LogP contribution in [0.2, 0.25) is 0 Å². The molecule has 2 unspecified atom stereocenters. The molecular weight excluding hydrogens is 256 g/mol. The Morgan fingerprint density at radius 1 is 1.68 bits per heavy atom. The van der Waals surface area contributed by atoms with Crippen molar-refractivity contribution in [1.82, 2.24) is 9.88 Å². The number of nitrogens with two attached hydrogens (primary N) is 1. The fraction of sp³-hybridized carbons (Fsp3) is 0.714. The van der Waals surface area contributed by atoms with Gasteiger partial charge in [0, 0.05) is 30.1 Å². The molecule has 2 atom stereocenters. The molecule has 0 aliphatic carbocycles. The molecule has 0 spiro atoms. The van der Waals surface area contributed by atoms with Crippen LogP contribution in [0, 0.1) is 12.8 Å². The predicted octanol–water partition coefficient (Wildman–Crippen LogP) is 2.60. The lowest BCUT2D eigenvalue weighted by atomic mass is 10.0. The van der Waals surface area contributed by atoms with E-state index in [1.54, 1.807) is 11.3 Å². The van der Waals surface area contributed by atoms with Crippen LogP contribution in [0.15, 0.2) is 10.4 Å². The monoisotopic (exact) mass is 280 g/mol. The summed E-state index contributed by atoms with van der Waals surface area (Å²) >= 11 is 1.71. The van der Waals surface area contributed by atoms with Crippen molar-refractivity contribution in [2.24, 2.45) is 16.6 Å². The Balaban J connectivity index is 1.90. The number of aliphatic imine (C=N–C) groups is 1. The van der Waals surface area contributed by atoms with Gasteiger partial charge in [0.1, 0.15) is 0 Å². The summed E-state index contributed by atoms with van der Waals surface area (Å²) in [6, 6.07) is 0. The quantitative estimate of drug-likeness (QED) is 0.684. The number of likely N-dealkylation sites (tertiary alicyclic amines) is 1. The predicted molar refractivity (Wildman–Crippen MR) is 81.7 cm³/mol. The Kier molecular flexibility index (Phi) is 4.80. The van der Waals surface area contributed by atoms with E-state index in [1.165, 1.54) is 12.8 Å². The molecule has 1 fully saturated rings. The van der Waals surface area contributed by atoms with Gasteiger partial charge in [0.05, 0.1) is 11.6 Å². The largest absolute Gasteiger partial charge is 0.370 e. The fourth-order valence-electron chi connectivity index (χ4n) is 2.40. The molecule has 106 valence electrons. The van der Waals surface area contributed by atoms with Gasteiger partial charge in [-0.3, -0.25) is 4.99 Å². The van der Waals surface area contributed by atoms with E-state index in [0.717, 1.165) is 36.3 Å². The number of guanidine groups is 1. The Hall–Kier alpha value is -1.10. The molecule has 2 heterocycles. The summed E-state index contributed by atoms with van der Waals surface area (Å²) in [6.07, 6.45) is 2.52. The number of aryl methyl sites for hydroxylation is 1. The lowest BCUT2D eigenvalue weighted by molar-refractivity contribution is 0.270. The number of nitrogens with zero attached hydrogens (tertiary/aromatic N) is 3. The molecule has 2 N–H and O–H groups in total. The van der Waals surface area contributed by atoms with E-state index in [2.05, 4.69) is 34.1 Å². The summed E-state index contributed by atoms with van der Waals surface area (Å²) in [5.74, 6) is 1.77. The molecule has 1 aliphatic rings. The molecule has 1 saturated heterocycles. The van der Waals surface area contributed by atoms with E-state index in [4.69, 9.17) is 5.73 Å². The van der Waals surface area contributed by atoms with Crippen LogP contribution in [0.4, 0.5) is 0 Å². The maximum atomic E-state index is 6.10. The van der Waals surface area contributed by atoms with E-state index >= 15 is 0 Å². The normalized spacial score (nSPS) is 22.6. The second-order valence-corrected chi connectivity index (χ2v) is 6.51. The van der Waals surface area contributed by atoms with Gasteiger partial charge in [0.15, 0.2) is 5.96 Å². The number of rotatable bonds is 3. The van der Waals surface area contributed by atoms with Crippen LogP contribution in [0.25, 0.3) is 0 Å². The van der Waals surface area contributed by atoms with Gasteiger partial charge >= 0.3 is 0 Å². The maximum absolute atomic E-state index is 6.10. The molecule has 1 aromatic heterocycles. The average Bonchev–Trinajstić information content (AvgIpc) is 2.82. The van der Waals surface area contributed by atoms with Crippen molar-refractivity contribution in [3.05, 3.63) is 16.1 Å². The minimum Gasteiger partial charge on any atom is -0.370 e. The number of hydrogen-bond acceptors (Lipinski definition) is 3. The summed E-state index contributed by atoms with van der Waals surface area (Å²) in [4.78, 5) is 11.3. The van der Waals surface area contributed by atoms with Crippen LogP contribution in [0.1, 0.15) is 43.3 Å². The van der Waals surface area contributed by atoms with Crippen molar-refractivity contribution in [3.8, 4) is 0 Å². The lowest BCUT2D eigenvalue weighted by Crippen LogP contribution is -2.43. The molecule has 0 aromatic carbocycles. The van der Waals surface area contributed by atoms with Crippen molar-refractivity contribution in [3.63, 3.8) is 0 Å². The summed E-state index contributed by atoms with van der Waals surface area (Å²) in [7, 11) is 0. The van der Waals surface area contributed by atoms with Crippen molar-refractivity contribution in [1.29, 1.82) is 0 Å². The van der Waals surface area contributed by atoms with E-state index in [0.29, 0.717) is 11.9 Å². The average molecular weight is 280 g/mol. The second kappa shape index (κ2) is 6.37. The summed E-state index contributed by atoms with van der Waals surface area (Å²) in [5, 5.41) is 3.24. The van der Waals surface area contributed by atoms with Gasteiger partial charge in [-0.05, 0) is 25.7 Å². The molecule has 19 heavy (non-hydrogen) atoms. The highest BCUT2D eigenvalue weighted by molar-refractivity contribution is 7.09. The number of thiazole rings is 1. The smallest absolute Gasteiger partial charge is 0.191 e. The molecule has 4 nitrogen and oxygen atoms in total.